The molecule has 0 aliphatic carbocycles. The number of hydrogen-bond donors (Lipinski definition) is 1. The number of carbonyl (C=O) groups excluding carboxylic acids is 1. The third-order valence-corrected chi connectivity index (χ3v) is 3.41. The summed E-state index contributed by atoms with van der Waals surface area (Å²) in [6.45, 7) is 3.97. The summed E-state index contributed by atoms with van der Waals surface area (Å²) >= 11 is 0. The highest BCUT2D eigenvalue weighted by molar-refractivity contribution is 5.78. The monoisotopic (exact) mass is 283 g/mol. The third kappa shape index (κ3) is 3.92. The van der Waals surface area contributed by atoms with Gasteiger partial charge in [-0.2, -0.15) is 0 Å². The second-order valence-corrected chi connectivity index (χ2v) is 5.32. The van der Waals surface area contributed by atoms with Gasteiger partial charge in [0, 0.05) is 0 Å². The van der Waals surface area contributed by atoms with E-state index in [9.17, 15) is 4.79 Å². The normalized spacial score (nSPS) is 12.2. The van der Waals surface area contributed by atoms with E-state index in [1.54, 1.807) is 7.05 Å². The van der Waals surface area contributed by atoms with Crippen LogP contribution in [0.4, 0.5) is 0 Å². The summed E-state index contributed by atoms with van der Waals surface area (Å²) in [6, 6.07) is 17.4. The van der Waals surface area contributed by atoms with E-state index in [4.69, 9.17) is 4.74 Å². The average Bonchev–Trinajstić information content (AvgIpc) is 2.49. The molecular weight excluding hydrogens is 262 g/mol. The van der Waals surface area contributed by atoms with Gasteiger partial charge in [0.1, 0.15) is 11.8 Å². The summed E-state index contributed by atoms with van der Waals surface area (Å²) in [5.41, 5.74) is 2.25. The Balaban J connectivity index is 2.08. The molecule has 1 N–H and O–H groups in total. The van der Waals surface area contributed by atoms with Gasteiger partial charge in [0.25, 0.3) is 0 Å². The lowest BCUT2D eigenvalue weighted by Gasteiger charge is -2.18. The first-order valence-electron chi connectivity index (χ1n) is 7.16. The summed E-state index contributed by atoms with van der Waals surface area (Å²) in [5.74, 6) is 0.506. The minimum atomic E-state index is -0.293. The number of rotatable bonds is 5. The van der Waals surface area contributed by atoms with Gasteiger partial charge in [-0.15, -0.1) is 0 Å². The summed E-state index contributed by atoms with van der Waals surface area (Å²) in [7, 11) is 1.77. The van der Waals surface area contributed by atoms with Gasteiger partial charge in [-0.05, 0) is 36.2 Å². The van der Waals surface area contributed by atoms with Crippen molar-refractivity contribution in [1.29, 1.82) is 0 Å². The molecule has 110 valence electrons. The second kappa shape index (κ2) is 7.04. The molecule has 0 saturated heterocycles. The molecule has 0 saturated carbocycles. The van der Waals surface area contributed by atoms with E-state index in [1.165, 1.54) is 0 Å². The molecule has 0 heterocycles. The van der Waals surface area contributed by atoms with Crippen molar-refractivity contribution in [2.45, 2.75) is 19.9 Å². The van der Waals surface area contributed by atoms with Crippen LogP contribution in [0.5, 0.6) is 5.75 Å². The van der Waals surface area contributed by atoms with E-state index in [2.05, 4.69) is 17.4 Å². The molecule has 0 aliphatic rings. The van der Waals surface area contributed by atoms with Gasteiger partial charge < -0.3 is 10.1 Å². The van der Waals surface area contributed by atoms with Crippen LogP contribution in [0.3, 0.4) is 0 Å². The highest BCUT2D eigenvalue weighted by Crippen LogP contribution is 2.22. The number of hydrogen-bond acceptors (Lipinski definition) is 3. The van der Waals surface area contributed by atoms with Crippen LogP contribution < -0.4 is 10.1 Å². The quantitative estimate of drug-likeness (QED) is 0.674. The highest BCUT2D eigenvalue weighted by atomic mass is 16.5. The van der Waals surface area contributed by atoms with E-state index in [0.717, 1.165) is 11.1 Å². The Bertz CT molecular complexity index is 576. The van der Waals surface area contributed by atoms with Crippen molar-refractivity contribution >= 4 is 5.97 Å². The number of likely N-dealkylation sites (N-methyl/N-ethyl adjacent to an activating group) is 1. The fourth-order valence-electron chi connectivity index (χ4n) is 2.25. The molecule has 0 radical (unpaired) electrons. The Hall–Kier alpha value is -2.13. The lowest BCUT2D eigenvalue weighted by molar-refractivity contribution is -0.137. The van der Waals surface area contributed by atoms with Crippen LogP contribution in [0.2, 0.25) is 0 Å². The van der Waals surface area contributed by atoms with E-state index >= 15 is 0 Å². The minimum absolute atomic E-state index is 0.186. The maximum Gasteiger partial charge on any atom is 0.328 e. The zero-order valence-corrected chi connectivity index (χ0v) is 12.7. The molecule has 3 nitrogen and oxygen atoms in total. The first-order chi connectivity index (χ1) is 10.1. The van der Waals surface area contributed by atoms with E-state index in [0.29, 0.717) is 5.75 Å². The lowest BCUT2D eigenvalue weighted by Crippen LogP contribution is -2.41. The van der Waals surface area contributed by atoms with Crippen molar-refractivity contribution in [2.24, 2.45) is 5.92 Å². The molecule has 0 amide bonds. The van der Waals surface area contributed by atoms with Gasteiger partial charge in [-0.25, -0.2) is 4.79 Å². The molecule has 0 aliphatic heterocycles. The Morgan fingerprint density at radius 1 is 0.952 bits per heavy atom. The molecule has 0 aromatic heterocycles. The van der Waals surface area contributed by atoms with Crippen LogP contribution in [0, 0.1) is 5.92 Å². The van der Waals surface area contributed by atoms with Gasteiger partial charge in [0.15, 0.2) is 0 Å². The molecule has 0 unspecified atom stereocenters. The van der Waals surface area contributed by atoms with Crippen LogP contribution in [0.1, 0.15) is 13.8 Å². The van der Waals surface area contributed by atoms with Gasteiger partial charge in [-0.3, -0.25) is 0 Å². The Kier molecular flexibility index (Phi) is 5.12. The molecule has 1 atom stereocenters. The maximum atomic E-state index is 12.1. The summed E-state index contributed by atoms with van der Waals surface area (Å²) in [4.78, 5) is 12.1. The van der Waals surface area contributed by atoms with Crippen LogP contribution in [-0.4, -0.2) is 19.1 Å². The first-order valence-corrected chi connectivity index (χ1v) is 7.16. The maximum absolute atomic E-state index is 12.1. The average molecular weight is 283 g/mol. The fraction of sp³-hybridized carbons (Fsp3) is 0.278. The SMILES string of the molecule is CN[C@H](C(=O)Oc1ccc(-c2ccccc2)cc1)C(C)C. The van der Waals surface area contributed by atoms with Crippen molar-refractivity contribution in [3.8, 4) is 16.9 Å². The van der Waals surface area contributed by atoms with Crippen molar-refractivity contribution in [3.05, 3.63) is 54.6 Å². The molecular formula is C18H21NO2. The fourth-order valence-corrected chi connectivity index (χ4v) is 2.25. The zero-order valence-electron chi connectivity index (χ0n) is 12.7. The van der Waals surface area contributed by atoms with Crippen LogP contribution in [-0.2, 0) is 4.79 Å². The molecule has 0 bridgehead atoms. The molecule has 3 heteroatoms. The predicted octanol–water partition coefficient (Wildman–Crippen LogP) is 3.50. The molecule has 21 heavy (non-hydrogen) atoms. The van der Waals surface area contributed by atoms with Crippen LogP contribution in [0.15, 0.2) is 54.6 Å². The van der Waals surface area contributed by atoms with Crippen LogP contribution in [0.25, 0.3) is 11.1 Å². The van der Waals surface area contributed by atoms with E-state index in [1.807, 2.05) is 56.3 Å². The Labute approximate surface area is 126 Å². The second-order valence-electron chi connectivity index (χ2n) is 5.32. The molecule has 2 aromatic rings. The summed E-state index contributed by atoms with van der Waals surface area (Å²) in [6.07, 6.45) is 0. The summed E-state index contributed by atoms with van der Waals surface area (Å²) < 4.78 is 5.42. The topological polar surface area (TPSA) is 38.3 Å². The van der Waals surface area contributed by atoms with Gasteiger partial charge in [0.2, 0.25) is 0 Å². The van der Waals surface area contributed by atoms with Gasteiger partial charge in [0.05, 0.1) is 0 Å². The van der Waals surface area contributed by atoms with Crippen molar-refractivity contribution in [2.75, 3.05) is 7.05 Å². The van der Waals surface area contributed by atoms with Gasteiger partial charge >= 0.3 is 5.97 Å². The van der Waals surface area contributed by atoms with Gasteiger partial charge in [-0.1, -0.05) is 56.3 Å². The first kappa shape index (κ1) is 15.3. The molecule has 0 fully saturated rings. The molecule has 2 rings (SSSR count). The van der Waals surface area contributed by atoms with Crippen LogP contribution >= 0.6 is 0 Å². The number of carbonyl (C=O) groups is 1. The number of esters is 1. The largest absolute Gasteiger partial charge is 0.425 e. The number of ether oxygens (including phenoxy) is 1. The smallest absolute Gasteiger partial charge is 0.328 e. The standard InChI is InChI=1S/C18H21NO2/c1-13(2)17(19-3)18(20)21-16-11-9-15(10-12-16)14-7-5-4-6-8-14/h4-13,17,19H,1-3H3/t17-/m0/s1. The summed E-state index contributed by atoms with van der Waals surface area (Å²) in [5, 5.41) is 2.98. The zero-order chi connectivity index (χ0) is 15.2. The lowest BCUT2D eigenvalue weighted by atomic mass is 10.0. The predicted molar refractivity (Wildman–Crippen MR) is 85.2 cm³/mol. The molecule has 0 spiro atoms. The number of nitrogens with one attached hydrogen (secondary N) is 1. The molecule has 2 aromatic carbocycles. The van der Waals surface area contributed by atoms with Crippen molar-refractivity contribution in [1.82, 2.24) is 5.32 Å². The van der Waals surface area contributed by atoms with Crippen molar-refractivity contribution < 1.29 is 9.53 Å². The Morgan fingerprint density at radius 3 is 2.05 bits per heavy atom. The Morgan fingerprint density at radius 2 is 1.52 bits per heavy atom. The third-order valence-electron chi connectivity index (χ3n) is 3.41. The minimum Gasteiger partial charge on any atom is -0.425 e. The van der Waals surface area contributed by atoms with Crippen molar-refractivity contribution in [3.63, 3.8) is 0 Å². The number of benzene rings is 2. The van der Waals surface area contributed by atoms with E-state index < -0.39 is 0 Å². The van der Waals surface area contributed by atoms with E-state index in [-0.39, 0.29) is 17.9 Å². The highest BCUT2D eigenvalue weighted by Gasteiger charge is 2.22.